The van der Waals surface area contributed by atoms with Crippen LogP contribution in [0.3, 0.4) is 0 Å². The second-order valence-corrected chi connectivity index (χ2v) is 5.15. The number of nitrogens with one attached hydrogen (secondary N) is 1. The molecule has 0 atom stereocenters. The average Bonchev–Trinajstić information content (AvgIpc) is 3.01. The molecule has 0 aromatic carbocycles. The van der Waals surface area contributed by atoms with Crippen molar-refractivity contribution in [3.63, 3.8) is 0 Å². The Bertz CT molecular complexity index is 517. The number of nitrogens with zero attached hydrogens (tertiary/aromatic N) is 2. The van der Waals surface area contributed by atoms with E-state index in [9.17, 15) is 0 Å². The zero-order valence-corrected chi connectivity index (χ0v) is 10.9. The summed E-state index contributed by atoms with van der Waals surface area (Å²) in [6.45, 7) is 5.77. The molecule has 0 saturated heterocycles. The molecule has 0 unspecified atom stereocenters. The third kappa shape index (κ3) is 2.48. The monoisotopic (exact) mass is 245 g/mol. The molecule has 0 radical (unpaired) electrons. The molecule has 1 N–H and O–H groups in total. The van der Waals surface area contributed by atoms with E-state index >= 15 is 0 Å². The normalized spacial score (nSPS) is 15.2. The van der Waals surface area contributed by atoms with Gasteiger partial charge in [-0.3, -0.25) is 0 Å². The number of rotatable bonds is 5. The molecule has 96 valence electrons. The quantitative estimate of drug-likeness (QED) is 0.879. The molecule has 4 heteroatoms. The van der Waals surface area contributed by atoms with Gasteiger partial charge in [0.15, 0.2) is 0 Å². The maximum Gasteiger partial charge on any atom is 0.138 e. The van der Waals surface area contributed by atoms with Crippen LogP contribution in [0.1, 0.15) is 35.4 Å². The summed E-state index contributed by atoms with van der Waals surface area (Å²) in [6, 6.07) is 2.93. The highest BCUT2D eigenvalue weighted by atomic mass is 16.5. The Balaban J connectivity index is 1.65. The van der Waals surface area contributed by atoms with Crippen LogP contribution in [0.4, 0.5) is 0 Å². The van der Waals surface area contributed by atoms with Crippen LogP contribution in [-0.2, 0) is 13.1 Å². The van der Waals surface area contributed by atoms with Crippen molar-refractivity contribution in [2.24, 2.45) is 0 Å². The number of aryl methyl sites for hydroxylation is 2. The van der Waals surface area contributed by atoms with Crippen molar-refractivity contribution in [3.8, 4) is 0 Å². The van der Waals surface area contributed by atoms with Crippen LogP contribution < -0.4 is 5.32 Å². The Hall–Kier alpha value is -1.55. The molecule has 1 aliphatic carbocycles. The second kappa shape index (κ2) is 4.61. The Kier molecular flexibility index (Phi) is 2.96. The van der Waals surface area contributed by atoms with Crippen molar-refractivity contribution in [3.05, 3.63) is 41.0 Å². The predicted octanol–water partition coefficient (Wildman–Crippen LogP) is 2.39. The van der Waals surface area contributed by atoms with E-state index in [0.29, 0.717) is 0 Å². The third-order valence-corrected chi connectivity index (χ3v) is 3.51. The van der Waals surface area contributed by atoms with Crippen LogP contribution in [-0.4, -0.2) is 15.8 Å². The summed E-state index contributed by atoms with van der Waals surface area (Å²) in [7, 11) is 0. The van der Waals surface area contributed by atoms with E-state index in [1.165, 1.54) is 24.0 Å². The van der Waals surface area contributed by atoms with Gasteiger partial charge >= 0.3 is 0 Å². The first kappa shape index (κ1) is 11.5. The molecule has 0 aliphatic heterocycles. The average molecular weight is 245 g/mol. The summed E-state index contributed by atoms with van der Waals surface area (Å²) in [5, 5.41) is 7.51. The van der Waals surface area contributed by atoms with Crippen molar-refractivity contribution in [1.29, 1.82) is 0 Å². The van der Waals surface area contributed by atoms with Gasteiger partial charge in [-0.2, -0.15) is 0 Å². The van der Waals surface area contributed by atoms with Crippen molar-refractivity contribution in [2.45, 2.75) is 45.8 Å². The molecule has 1 fully saturated rings. The summed E-state index contributed by atoms with van der Waals surface area (Å²) >= 11 is 0. The minimum atomic E-state index is 0.760. The summed E-state index contributed by atoms with van der Waals surface area (Å²) in [4.78, 5) is 0. The van der Waals surface area contributed by atoms with E-state index in [4.69, 9.17) is 4.52 Å². The fourth-order valence-corrected chi connectivity index (χ4v) is 2.15. The van der Waals surface area contributed by atoms with Gasteiger partial charge in [-0.05, 0) is 38.3 Å². The van der Waals surface area contributed by atoms with Gasteiger partial charge in [0, 0.05) is 30.5 Å². The fraction of sp³-hybridized carbons (Fsp3) is 0.500. The Morgan fingerprint density at radius 3 is 2.94 bits per heavy atom. The van der Waals surface area contributed by atoms with Gasteiger partial charge in [0.2, 0.25) is 0 Å². The molecule has 2 aromatic rings. The zero-order valence-electron chi connectivity index (χ0n) is 10.9. The molecule has 1 aliphatic rings. The van der Waals surface area contributed by atoms with Crippen LogP contribution in [0.5, 0.6) is 0 Å². The van der Waals surface area contributed by atoms with Crippen LogP contribution in [0.25, 0.3) is 0 Å². The summed E-state index contributed by atoms with van der Waals surface area (Å²) in [6.07, 6.45) is 6.98. The van der Waals surface area contributed by atoms with E-state index in [1.807, 2.05) is 13.8 Å². The van der Waals surface area contributed by atoms with Crippen molar-refractivity contribution < 1.29 is 4.52 Å². The lowest BCUT2D eigenvalue weighted by Crippen LogP contribution is -2.14. The Morgan fingerprint density at radius 1 is 1.44 bits per heavy atom. The molecule has 18 heavy (non-hydrogen) atoms. The molecule has 0 amide bonds. The van der Waals surface area contributed by atoms with Gasteiger partial charge in [0.1, 0.15) is 5.76 Å². The molecule has 2 aromatic heterocycles. The molecule has 3 rings (SSSR count). The first-order valence-electron chi connectivity index (χ1n) is 6.52. The maximum atomic E-state index is 5.19. The second-order valence-electron chi connectivity index (χ2n) is 5.15. The smallest absolute Gasteiger partial charge is 0.138 e. The molecule has 1 saturated carbocycles. The van der Waals surface area contributed by atoms with Gasteiger partial charge in [-0.1, -0.05) is 5.16 Å². The minimum Gasteiger partial charge on any atom is -0.361 e. The Morgan fingerprint density at radius 2 is 2.28 bits per heavy atom. The van der Waals surface area contributed by atoms with Gasteiger partial charge < -0.3 is 14.4 Å². The maximum absolute atomic E-state index is 5.19. The van der Waals surface area contributed by atoms with Gasteiger partial charge in [-0.15, -0.1) is 0 Å². The van der Waals surface area contributed by atoms with Crippen LogP contribution in [0.2, 0.25) is 0 Å². The molecule has 4 nitrogen and oxygen atoms in total. The van der Waals surface area contributed by atoms with Crippen molar-refractivity contribution in [2.75, 3.05) is 0 Å². The summed E-state index contributed by atoms with van der Waals surface area (Å²) in [5.41, 5.74) is 3.51. The van der Waals surface area contributed by atoms with Crippen LogP contribution in [0, 0.1) is 13.8 Å². The largest absolute Gasteiger partial charge is 0.361 e. The molecule has 0 bridgehead atoms. The lowest BCUT2D eigenvalue weighted by molar-refractivity contribution is 0.392. The Labute approximate surface area is 107 Å². The van der Waals surface area contributed by atoms with Crippen molar-refractivity contribution in [1.82, 2.24) is 15.0 Å². The van der Waals surface area contributed by atoms with Crippen molar-refractivity contribution >= 4 is 0 Å². The predicted molar refractivity (Wildman–Crippen MR) is 69.4 cm³/mol. The zero-order chi connectivity index (χ0) is 12.5. The van der Waals surface area contributed by atoms with E-state index in [0.717, 1.165) is 30.6 Å². The van der Waals surface area contributed by atoms with Gasteiger partial charge in [0.25, 0.3) is 0 Å². The SMILES string of the molecule is Cc1noc(C)c1Cn1ccc(CNC2CC2)c1. The summed E-state index contributed by atoms with van der Waals surface area (Å²) < 4.78 is 7.38. The first-order chi connectivity index (χ1) is 8.72. The highest BCUT2D eigenvalue weighted by molar-refractivity contribution is 5.22. The number of aromatic nitrogens is 2. The molecular formula is C14H19N3O. The first-order valence-corrected chi connectivity index (χ1v) is 6.52. The van der Waals surface area contributed by atoms with E-state index in [-0.39, 0.29) is 0 Å². The molecular weight excluding hydrogens is 226 g/mol. The fourth-order valence-electron chi connectivity index (χ4n) is 2.15. The lowest BCUT2D eigenvalue weighted by atomic mass is 10.2. The highest BCUT2D eigenvalue weighted by Crippen LogP contribution is 2.19. The topological polar surface area (TPSA) is 43.0 Å². The van der Waals surface area contributed by atoms with Gasteiger partial charge in [0.05, 0.1) is 12.2 Å². The van der Waals surface area contributed by atoms with E-state index in [1.54, 1.807) is 0 Å². The van der Waals surface area contributed by atoms with Crippen LogP contribution >= 0.6 is 0 Å². The molecule has 2 heterocycles. The molecule has 0 spiro atoms. The third-order valence-electron chi connectivity index (χ3n) is 3.51. The summed E-state index contributed by atoms with van der Waals surface area (Å²) in [5.74, 6) is 0.916. The number of hydrogen-bond donors (Lipinski definition) is 1. The minimum absolute atomic E-state index is 0.760. The van der Waals surface area contributed by atoms with Crippen LogP contribution in [0.15, 0.2) is 23.0 Å². The number of hydrogen-bond acceptors (Lipinski definition) is 3. The van der Waals surface area contributed by atoms with E-state index < -0.39 is 0 Å². The highest BCUT2D eigenvalue weighted by Gasteiger charge is 2.20. The van der Waals surface area contributed by atoms with E-state index in [2.05, 4.69) is 33.5 Å². The standard InChI is InChI=1S/C14H19N3O/c1-10-14(11(2)18-16-10)9-17-6-5-12(8-17)7-15-13-3-4-13/h5-6,8,13,15H,3-4,7,9H2,1-2H3. The van der Waals surface area contributed by atoms with Gasteiger partial charge in [-0.25, -0.2) is 0 Å². The lowest BCUT2D eigenvalue weighted by Gasteiger charge is -2.02.